The predicted octanol–water partition coefficient (Wildman–Crippen LogP) is 3.06. The van der Waals surface area contributed by atoms with Crippen molar-refractivity contribution in [2.75, 3.05) is 0 Å². The molecule has 3 nitrogen and oxygen atoms in total. The quantitative estimate of drug-likeness (QED) is 0.815. The molecule has 17 heavy (non-hydrogen) atoms. The normalized spacial score (nSPS) is 12.2. The van der Waals surface area contributed by atoms with Gasteiger partial charge in [-0.15, -0.1) is 0 Å². The molecule has 0 bridgehead atoms. The summed E-state index contributed by atoms with van der Waals surface area (Å²) >= 11 is 0. The molecule has 2 heterocycles. The Labute approximate surface area is 99.3 Å². The molecule has 88 valence electrons. The Hall–Kier alpha value is -1.97. The standard InChI is InChI=1S/C13H13FN2O/c1-9-7-12(14)13(16-8-9)17-10(2)11-3-5-15-6-4-11/h3-8,10H,1-2H3. The Kier molecular flexibility index (Phi) is 3.32. The first-order chi connectivity index (χ1) is 8.16. The highest BCUT2D eigenvalue weighted by Gasteiger charge is 2.11. The van der Waals surface area contributed by atoms with Gasteiger partial charge < -0.3 is 4.74 Å². The van der Waals surface area contributed by atoms with Crippen LogP contribution in [0.1, 0.15) is 24.2 Å². The number of aromatic nitrogens is 2. The van der Waals surface area contributed by atoms with Gasteiger partial charge in [0, 0.05) is 18.6 Å². The van der Waals surface area contributed by atoms with E-state index in [1.54, 1.807) is 25.5 Å². The van der Waals surface area contributed by atoms with E-state index in [-0.39, 0.29) is 12.0 Å². The molecule has 0 aliphatic rings. The molecular weight excluding hydrogens is 219 g/mol. The lowest BCUT2D eigenvalue weighted by atomic mass is 10.2. The van der Waals surface area contributed by atoms with Crippen LogP contribution in [0, 0.1) is 12.7 Å². The first-order valence-electron chi connectivity index (χ1n) is 5.35. The van der Waals surface area contributed by atoms with Crippen LogP contribution in [0.2, 0.25) is 0 Å². The molecular formula is C13H13FN2O. The summed E-state index contributed by atoms with van der Waals surface area (Å²) in [6.45, 7) is 3.63. The Morgan fingerprint density at radius 1 is 1.29 bits per heavy atom. The number of aryl methyl sites for hydroxylation is 1. The van der Waals surface area contributed by atoms with Crippen LogP contribution in [0.5, 0.6) is 5.88 Å². The number of hydrogen-bond donors (Lipinski definition) is 0. The van der Waals surface area contributed by atoms with Crippen LogP contribution in [0.15, 0.2) is 36.8 Å². The molecule has 0 amide bonds. The van der Waals surface area contributed by atoms with E-state index in [0.29, 0.717) is 0 Å². The fourth-order valence-electron chi connectivity index (χ4n) is 1.48. The van der Waals surface area contributed by atoms with E-state index < -0.39 is 5.82 Å². The molecule has 0 aliphatic heterocycles. The zero-order chi connectivity index (χ0) is 12.3. The Morgan fingerprint density at radius 2 is 2.00 bits per heavy atom. The van der Waals surface area contributed by atoms with Crippen LogP contribution >= 0.6 is 0 Å². The summed E-state index contributed by atoms with van der Waals surface area (Å²) in [7, 11) is 0. The van der Waals surface area contributed by atoms with Gasteiger partial charge in [-0.25, -0.2) is 9.37 Å². The van der Waals surface area contributed by atoms with Crippen LogP contribution in [0.4, 0.5) is 4.39 Å². The second-order valence-electron chi connectivity index (χ2n) is 3.84. The van der Waals surface area contributed by atoms with Crippen LogP contribution in [0.3, 0.4) is 0 Å². The van der Waals surface area contributed by atoms with Gasteiger partial charge >= 0.3 is 0 Å². The van der Waals surface area contributed by atoms with Crippen molar-refractivity contribution in [1.29, 1.82) is 0 Å². The summed E-state index contributed by atoms with van der Waals surface area (Å²) in [5.41, 5.74) is 1.70. The second kappa shape index (κ2) is 4.91. The lowest BCUT2D eigenvalue weighted by Gasteiger charge is -2.14. The fourth-order valence-corrected chi connectivity index (χ4v) is 1.48. The van der Waals surface area contributed by atoms with Crippen LogP contribution < -0.4 is 4.74 Å². The molecule has 2 rings (SSSR count). The summed E-state index contributed by atoms with van der Waals surface area (Å²) in [6, 6.07) is 5.06. The van der Waals surface area contributed by atoms with Gasteiger partial charge in [0.25, 0.3) is 5.88 Å². The minimum absolute atomic E-state index is 0.0277. The van der Waals surface area contributed by atoms with Crippen molar-refractivity contribution in [2.24, 2.45) is 0 Å². The molecule has 1 atom stereocenters. The fraction of sp³-hybridized carbons (Fsp3) is 0.231. The third kappa shape index (κ3) is 2.78. The molecule has 0 spiro atoms. The van der Waals surface area contributed by atoms with Gasteiger partial charge in [-0.1, -0.05) is 0 Å². The highest BCUT2D eigenvalue weighted by molar-refractivity contribution is 5.21. The minimum Gasteiger partial charge on any atom is -0.468 e. The Balaban J connectivity index is 2.16. The first-order valence-corrected chi connectivity index (χ1v) is 5.35. The van der Waals surface area contributed by atoms with E-state index >= 15 is 0 Å². The Bertz CT molecular complexity index is 502. The van der Waals surface area contributed by atoms with Gasteiger partial charge in [-0.3, -0.25) is 4.98 Å². The zero-order valence-electron chi connectivity index (χ0n) is 9.72. The molecule has 4 heteroatoms. The van der Waals surface area contributed by atoms with E-state index in [2.05, 4.69) is 9.97 Å². The van der Waals surface area contributed by atoms with Crippen LogP contribution in [-0.2, 0) is 0 Å². The highest BCUT2D eigenvalue weighted by Crippen LogP contribution is 2.22. The molecule has 0 saturated heterocycles. The molecule has 0 aromatic carbocycles. The average Bonchev–Trinajstić information content (AvgIpc) is 2.34. The maximum absolute atomic E-state index is 13.5. The number of hydrogen-bond acceptors (Lipinski definition) is 3. The average molecular weight is 232 g/mol. The SMILES string of the molecule is Cc1cnc(OC(C)c2ccncc2)c(F)c1. The van der Waals surface area contributed by atoms with Crippen molar-refractivity contribution in [3.63, 3.8) is 0 Å². The van der Waals surface area contributed by atoms with Crippen molar-refractivity contribution >= 4 is 0 Å². The van der Waals surface area contributed by atoms with Gasteiger partial charge in [0.1, 0.15) is 6.10 Å². The lowest BCUT2D eigenvalue weighted by Crippen LogP contribution is -2.06. The zero-order valence-corrected chi connectivity index (χ0v) is 9.72. The van der Waals surface area contributed by atoms with Crippen molar-refractivity contribution < 1.29 is 9.13 Å². The van der Waals surface area contributed by atoms with Crippen molar-refractivity contribution in [1.82, 2.24) is 9.97 Å². The lowest BCUT2D eigenvalue weighted by molar-refractivity contribution is 0.206. The van der Waals surface area contributed by atoms with Gasteiger partial charge in [-0.2, -0.15) is 0 Å². The summed E-state index contributed by atoms with van der Waals surface area (Å²) in [5.74, 6) is -0.411. The van der Waals surface area contributed by atoms with E-state index in [4.69, 9.17) is 4.74 Å². The second-order valence-corrected chi connectivity index (χ2v) is 3.84. The number of nitrogens with zero attached hydrogens (tertiary/aromatic N) is 2. The van der Waals surface area contributed by atoms with Gasteiger partial charge in [-0.05, 0) is 43.2 Å². The third-order valence-electron chi connectivity index (χ3n) is 2.41. The molecule has 1 unspecified atom stereocenters. The molecule has 2 aromatic rings. The Morgan fingerprint density at radius 3 is 2.65 bits per heavy atom. The number of halogens is 1. The summed E-state index contributed by atoms with van der Waals surface area (Å²) < 4.78 is 19.0. The summed E-state index contributed by atoms with van der Waals surface area (Å²) in [6.07, 6.45) is 4.67. The molecule has 0 N–H and O–H groups in total. The van der Waals surface area contributed by atoms with Gasteiger partial charge in [0.15, 0.2) is 5.82 Å². The van der Waals surface area contributed by atoms with Gasteiger partial charge in [0.2, 0.25) is 0 Å². The van der Waals surface area contributed by atoms with E-state index in [0.717, 1.165) is 11.1 Å². The maximum atomic E-state index is 13.5. The van der Waals surface area contributed by atoms with Crippen molar-refractivity contribution in [3.8, 4) is 5.88 Å². The smallest absolute Gasteiger partial charge is 0.250 e. The van der Waals surface area contributed by atoms with E-state index in [9.17, 15) is 4.39 Å². The summed E-state index contributed by atoms with van der Waals surface area (Å²) in [4.78, 5) is 7.85. The van der Waals surface area contributed by atoms with Crippen LogP contribution in [-0.4, -0.2) is 9.97 Å². The summed E-state index contributed by atoms with van der Waals surface area (Å²) in [5, 5.41) is 0. The highest BCUT2D eigenvalue weighted by atomic mass is 19.1. The minimum atomic E-state index is -0.439. The van der Waals surface area contributed by atoms with E-state index in [1.165, 1.54) is 6.07 Å². The van der Waals surface area contributed by atoms with Crippen LogP contribution in [0.25, 0.3) is 0 Å². The molecule has 0 radical (unpaired) electrons. The molecule has 0 aliphatic carbocycles. The first kappa shape index (κ1) is 11.5. The topological polar surface area (TPSA) is 35.0 Å². The maximum Gasteiger partial charge on any atom is 0.250 e. The van der Waals surface area contributed by atoms with Crippen molar-refractivity contribution in [3.05, 3.63) is 53.7 Å². The number of ether oxygens (including phenoxy) is 1. The van der Waals surface area contributed by atoms with Crippen molar-refractivity contribution in [2.45, 2.75) is 20.0 Å². The molecule has 2 aromatic heterocycles. The third-order valence-corrected chi connectivity index (χ3v) is 2.41. The molecule has 0 fully saturated rings. The number of pyridine rings is 2. The number of rotatable bonds is 3. The largest absolute Gasteiger partial charge is 0.468 e. The molecule has 0 saturated carbocycles. The van der Waals surface area contributed by atoms with E-state index in [1.807, 2.05) is 19.1 Å². The van der Waals surface area contributed by atoms with Gasteiger partial charge in [0.05, 0.1) is 0 Å². The predicted molar refractivity (Wildman–Crippen MR) is 62.2 cm³/mol. The monoisotopic (exact) mass is 232 g/mol.